The number of aliphatic hydroxyl groups is 1. The fourth-order valence-electron chi connectivity index (χ4n) is 2.88. The fraction of sp³-hybridized carbons (Fsp3) is 0.600. The van der Waals surface area contributed by atoms with Gasteiger partial charge in [-0.25, -0.2) is 0 Å². The lowest BCUT2D eigenvalue weighted by atomic mass is 9.98. The molecule has 0 spiro atoms. The van der Waals surface area contributed by atoms with Crippen molar-refractivity contribution < 1.29 is 5.11 Å². The van der Waals surface area contributed by atoms with Crippen LogP contribution >= 0.6 is 0 Å². The van der Waals surface area contributed by atoms with Crippen LogP contribution in [0.2, 0.25) is 0 Å². The molecule has 0 aliphatic carbocycles. The SMILES string of the molecule is CCC(N)C(CO)N1CCC(c2ccccc2)C1. The van der Waals surface area contributed by atoms with Crippen molar-refractivity contribution in [1.29, 1.82) is 0 Å². The molecule has 0 amide bonds. The maximum atomic E-state index is 9.52. The molecular formula is C15H24N2O. The summed E-state index contributed by atoms with van der Waals surface area (Å²) in [5.41, 5.74) is 7.49. The van der Waals surface area contributed by atoms with E-state index in [1.54, 1.807) is 0 Å². The van der Waals surface area contributed by atoms with E-state index in [1.807, 2.05) is 0 Å². The Morgan fingerprint density at radius 3 is 2.72 bits per heavy atom. The zero-order valence-electron chi connectivity index (χ0n) is 11.1. The summed E-state index contributed by atoms with van der Waals surface area (Å²) in [6, 6.07) is 10.8. The van der Waals surface area contributed by atoms with Gasteiger partial charge in [-0.3, -0.25) is 4.90 Å². The van der Waals surface area contributed by atoms with E-state index in [0.717, 1.165) is 25.9 Å². The Balaban J connectivity index is 1.99. The van der Waals surface area contributed by atoms with Crippen LogP contribution in [0.15, 0.2) is 30.3 Å². The molecule has 0 bridgehead atoms. The van der Waals surface area contributed by atoms with Crippen molar-refractivity contribution >= 4 is 0 Å². The van der Waals surface area contributed by atoms with Gasteiger partial charge in [-0.2, -0.15) is 0 Å². The van der Waals surface area contributed by atoms with Crippen molar-refractivity contribution in [2.75, 3.05) is 19.7 Å². The molecule has 18 heavy (non-hydrogen) atoms. The molecule has 3 atom stereocenters. The zero-order chi connectivity index (χ0) is 13.0. The van der Waals surface area contributed by atoms with Gasteiger partial charge >= 0.3 is 0 Å². The Labute approximate surface area is 110 Å². The van der Waals surface area contributed by atoms with Gasteiger partial charge in [-0.05, 0) is 30.9 Å². The molecule has 1 aliphatic heterocycles. The highest BCUT2D eigenvalue weighted by atomic mass is 16.3. The molecule has 100 valence electrons. The largest absolute Gasteiger partial charge is 0.395 e. The van der Waals surface area contributed by atoms with Gasteiger partial charge in [0.2, 0.25) is 0 Å². The Bertz CT molecular complexity index is 355. The van der Waals surface area contributed by atoms with Gasteiger partial charge in [0.1, 0.15) is 0 Å². The third kappa shape index (κ3) is 2.91. The van der Waals surface area contributed by atoms with Crippen molar-refractivity contribution in [3.63, 3.8) is 0 Å². The minimum Gasteiger partial charge on any atom is -0.395 e. The highest BCUT2D eigenvalue weighted by Gasteiger charge is 2.31. The monoisotopic (exact) mass is 248 g/mol. The summed E-state index contributed by atoms with van der Waals surface area (Å²) in [5, 5.41) is 9.52. The average molecular weight is 248 g/mol. The summed E-state index contributed by atoms with van der Waals surface area (Å²) < 4.78 is 0. The van der Waals surface area contributed by atoms with Crippen LogP contribution < -0.4 is 5.73 Å². The van der Waals surface area contributed by atoms with Gasteiger partial charge < -0.3 is 10.8 Å². The number of benzene rings is 1. The summed E-state index contributed by atoms with van der Waals surface area (Å²) in [7, 11) is 0. The van der Waals surface area contributed by atoms with Crippen LogP contribution in [-0.4, -0.2) is 41.8 Å². The van der Waals surface area contributed by atoms with E-state index in [4.69, 9.17) is 5.73 Å². The van der Waals surface area contributed by atoms with Gasteiger partial charge in [-0.1, -0.05) is 37.3 Å². The number of hydrogen-bond donors (Lipinski definition) is 2. The van der Waals surface area contributed by atoms with Crippen LogP contribution in [0, 0.1) is 0 Å². The lowest BCUT2D eigenvalue weighted by Crippen LogP contribution is -2.48. The molecule has 3 nitrogen and oxygen atoms in total. The predicted molar refractivity (Wildman–Crippen MR) is 74.5 cm³/mol. The number of aliphatic hydroxyl groups excluding tert-OH is 1. The van der Waals surface area contributed by atoms with Gasteiger partial charge in [0, 0.05) is 18.6 Å². The van der Waals surface area contributed by atoms with E-state index in [2.05, 4.69) is 42.2 Å². The summed E-state index contributed by atoms with van der Waals surface area (Å²) in [6.45, 7) is 4.30. The Morgan fingerprint density at radius 2 is 2.11 bits per heavy atom. The molecule has 0 saturated carbocycles. The molecule has 3 N–H and O–H groups in total. The first-order valence-corrected chi connectivity index (χ1v) is 6.91. The average Bonchev–Trinajstić information content (AvgIpc) is 2.90. The zero-order valence-corrected chi connectivity index (χ0v) is 11.1. The molecule has 2 rings (SSSR count). The number of rotatable bonds is 5. The maximum absolute atomic E-state index is 9.52. The van der Waals surface area contributed by atoms with Crippen molar-refractivity contribution in [2.45, 2.75) is 37.8 Å². The van der Waals surface area contributed by atoms with Crippen LogP contribution in [0.5, 0.6) is 0 Å². The first-order valence-electron chi connectivity index (χ1n) is 6.91. The number of hydrogen-bond acceptors (Lipinski definition) is 3. The molecule has 3 heteroatoms. The molecule has 0 radical (unpaired) electrons. The highest BCUT2D eigenvalue weighted by Crippen LogP contribution is 2.28. The summed E-state index contributed by atoms with van der Waals surface area (Å²) >= 11 is 0. The Hall–Kier alpha value is -0.900. The Kier molecular flexibility index (Phi) is 4.75. The van der Waals surface area contributed by atoms with Gasteiger partial charge in [0.05, 0.1) is 6.61 Å². The Morgan fingerprint density at radius 1 is 1.39 bits per heavy atom. The molecule has 1 aromatic rings. The van der Waals surface area contributed by atoms with E-state index >= 15 is 0 Å². The summed E-state index contributed by atoms with van der Waals surface area (Å²) in [5.74, 6) is 0.587. The molecule has 0 aromatic heterocycles. The van der Waals surface area contributed by atoms with E-state index in [-0.39, 0.29) is 18.7 Å². The second-order valence-corrected chi connectivity index (χ2v) is 5.21. The lowest BCUT2D eigenvalue weighted by Gasteiger charge is -2.30. The number of likely N-dealkylation sites (tertiary alicyclic amines) is 1. The topological polar surface area (TPSA) is 49.5 Å². The van der Waals surface area contributed by atoms with Crippen LogP contribution in [0.25, 0.3) is 0 Å². The third-order valence-corrected chi connectivity index (χ3v) is 4.11. The van der Waals surface area contributed by atoms with E-state index < -0.39 is 0 Å². The lowest BCUT2D eigenvalue weighted by molar-refractivity contribution is 0.123. The second kappa shape index (κ2) is 6.32. The molecule has 1 aliphatic rings. The van der Waals surface area contributed by atoms with Crippen LogP contribution in [0.4, 0.5) is 0 Å². The van der Waals surface area contributed by atoms with Crippen LogP contribution in [0.1, 0.15) is 31.2 Å². The maximum Gasteiger partial charge on any atom is 0.0601 e. The molecule has 1 saturated heterocycles. The summed E-state index contributed by atoms with van der Waals surface area (Å²) in [6.07, 6.45) is 2.08. The molecule has 3 unspecified atom stereocenters. The minimum atomic E-state index is 0.0736. The van der Waals surface area contributed by atoms with Crippen molar-refractivity contribution in [3.05, 3.63) is 35.9 Å². The highest BCUT2D eigenvalue weighted by molar-refractivity contribution is 5.21. The van der Waals surface area contributed by atoms with E-state index in [1.165, 1.54) is 5.56 Å². The quantitative estimate of drug-likeness (QED) is 0.831. The van der Waals surface area contributed by atoms with Crippen LogP contribution in [0.3, 0.4) is 0 Å². The molecule has 1 aromatic carbocycles. The predicted octanol–water partition coefficient (Wildman–Crippen LogP) is 1.57. The van der Waals surface area contributed by atoms with Crippen molar-refractivity contribution in [1.82, 2.24) is 4.90 Å². The van der Waals surface area contributed by atoms with Gasteiger partial charge in [0.15, 0.2) is 0 Å². The molecule has 1 heterocycles. The first kappa shape index (κ1) is 13.5. The minimum absolute atomic E-state index is 0.0736. The first-order chi connectivity index (χ1) is 8.76. The van der Waals surface area contributed by atoms with Crippen molar-refractivity contribution in [3.8, 4) is 0 Å². The van der Waals surface area contributed by atoms with Crippen LogP contribution in [-0.2, 0) is 0 Å². The smallest absolute Gasteiger partial charge is 0.0601 e. The van der Waals surface area contributed by atoms with Gasteiger partial charge in [0.25, 0.3) is 0 Å². The molecular weight excluding hydrogens is 224 g/mol. The third-order valence-electron chi connectivity index (χ3n) is 4.11. The fourth-order valence-corrected chi connectivity index (χ4v) is 2.88. The van der Waals surface area contributed by atoms with E-state index in [9.17, 15) is 5.11 Å². The second-order valence-electron chi connectivity index (χ2n) is 5.21. The van der Waals surface area contributed by atoms with Gasteiger partial charge in [-0.15, -0.1) is 0 Å². The van der Waals surface area contributed by atoms with E-state index in [0.29, 0.717) is 5.92 Å². The number of nitrogens with two attached hydrogens (primary N) is 1. The molecule has 1 fully saturated rings. The normalized spacial score (nSPS) is 24.1. The standard InChI is InChI=1S/C15H24N2O/c1-2-14(16)15(11-18)17-9-8-13(10-17)12-6-4-3-5-7-12/h3-7,13-15,18H,2,8-11,16H2,1H3. The number of nitrogens with zero attached hydrogens (tertiary/aromatic N) is 1. The summed E-state index contributed by atoms with van der Waals surface area (Å²) in [4.78, 5) is 2.35. The van der Waals surface area contributed by atoms with Crippen molar-refractivity contribution in [2.24, 2.45) is 5.73 Å².